The summed E-state index contributed by atoms with van der Waals surface area (Å²) in [5.74, 6) is -1.10. The Balaban J connectivity index is 2.00. The lowest BCUT2D eigenvalue weighted by Gasteiger charge is -2.20. The fourth-order valence-electron chi connectivity index (χ4n) is 2.90. The van der Waals surface area contributed by atoms with E-state index in [4.69, 9.17) is 16.7 Å². The van der Waals surface area contributed by atoms with Gasteiger partial charge >= 0.3 is 5.97 Å². The largest absolute Gasteiger partial charge is 0.481 e. The molecule has 0 atom stereocenters. The van der Waals surface area contributed by atoms with E-state index < -0.39 is 22.9 Å². The summed E-state index contributed by atoms with van der Waals surface area (Å²) in [5.41, 5.74) is -1.02. The molecule has 3 aromatic rings. The number of aliphatic carboxylic acids is 1. The lowest BCUT2D eigenvalue weighted by Crippen LogP contribution is -2.34. The summed E-state index contributed by atoms with van der Waals surface area (Å²) in [4.78, 5) is 37.7. The minimum atomic E-state index is -1.09. The Hall–Kier alpha value is -2.95. The summed E-state index contributed by atoms with van der Waals surface area (Å²) < 4.78 is 3.08. The number of nitrogens with zero attached hydrogens (tertiary/aromatic N) is 3. The molecule has 11 heteroatoms. The van der Waals surface area contributed by atoms with E-state index in [1.807, 2.05) is 6.07 Å². The fourth-order valence-corrected chi connectivity index (χ4v) is 3.92. The molecule has 170 valence electrons. The second-order valence-corrected chi connectivity index (χ2v) is 9.60. The van der Waals surface area contributed by atoms with Crippen LogP contribution in [0, 0.1) is 5.41 Å². The van der Waals surface area contributed by atoms with Crippen LogP contribution in [0.5, 0.6) is 0 Å². The summed E-state index contributed by atoms with van der Waals surface area (Å²) in [6.45, 7) is 3.21. The highest BCUT2D eigenvalue weighted by molar-refractivity contribution is 7.16. The smallest absolute Gasteiger partial charge is 0.305 e. The zero-order chi connectivity index (χ0) is 23.5. The zero-order valence-electron chi connectivity index (χ0n) is 17.5. The van der Waals surface area contributed by atoms with Crippen molar-refractivity contribution in [1.82, 2.24) is 14.3 Å². The van der Waals surface area contributed by atoms with Gasteiger partial charge in [0.25, 0.3) is 11.5 Å². The normalized spacial score (nSPS) is 11.5. The Bertz CT molecular complexity index is 1200. The third-order valence-electron chi connectivity index (χ3n) is 4.81. The number of aryl methyl sites for hydroxylation is 1. The number of halogens is 1. The first-order valence-corrected chi connectivity index (χ1v) is 11.0. The van der Waals surface area contributed by atoms with Crippen LogP contribution >= 0.6 is 22.9 Å². The summed E-state index contributed by atoms with van der Waals surface area (Å²) in [5, 5.41) is 26.0. The van der Waals surface area contributed by atoms with Gasteiger partial charge in [-0.25, -0.2) is 0 Å². The molecule has 0 saturated carbocycles. The molecule has 0 aliphatic heterocycles. The van der Waals surface area contributed by atoms with Gasteiger partial charge in [-0.05, 0) is 38.1 Å². The van der Waals surface area contributed by atoms with Crippen LogP contribution in [0.25, 0.3) is 11.3 Å². The van der Waals surface area contributed by atoms with Crippen LogP contribution < -0.4 is 10.9 Å². The van der Waals surface area contributed by atoms with Crippen molar-refractivity contribution in [2.45, 2.75) is 33.4 Å². The number of rotatable bonds is 9. The first-order chi connectivity index (χ1) is 15.1. The van der Waals surface area contributed by atoms with Crippen LogP contribution in [0.15, 0.2) is 41.3 Å². The average Bonchev–Trinajstić information content (AvgIpc) is 3.36. The molecule has 0 unspecified atom stereocenters. The van der Waals surface area contributed by atoms with E-state index in [1.165, 1.54) is 22.1 Å². The molecule has 3 heterocycles. The monoisotopic (exact) mass is 478 g/mol. The molecule has 3 aromatic heterocycles. The summed E-state index contributed by atoms with van der Waals surface area (Å²) in [6.07, 6.45) is 1.31. The number of nitrogens with one attached hydrogen (secondary N) is 1. The Morgan fingerprint density at radius 1 is 1.28 bits per heavy atom. The minimum Gasteiger partial charge on any atom is -0.481 e. The molecule has 3 rings (SSSR count). The highest BCUT2D eigenvalue weighted by Crippen LogP contribution is 2.26. The number of pyridine rings is 1. The van der Waals surface area contributed by atoms with Crippen LogP contribution in [0.2, 0.25) is 4.34 Å². The second-order valence-electron chi connectivity index (χ2n) is 7.80. The topological polar surface area (TPSA) is 126 Å². The number of aromatic nitrogens is 3. The average molecular weight is 479 g/mol. The number of carbonyl (C=O) groups is 2. The number of carbonyl (C=O) groups excluding carboxylic acids is 1. The number of aliphatic hydroxyl groups is 1. The van der Waals surface area contributed by atoms with Gasteiger partial charge in [-0.3, -0.25) is 14.4 Å². The van der Waals surface area contributed by atoms with E-state index in [0.717, 1.165) is 9.56 Å². The number of carboxylic acid groups (broad SMARTS) is 1. The highest BCUT2D eigenvalue weighted by atomic mass is 35.5. The van der Waals surface area contributed by atoms with Crippen molar-refractivity contribution in [3.05, 3.63) is 56.1 Å². The molecule has 9 nitrogen and oxygen atoms in total. The first kappa shape index (κ1) is 23.7. The Morgan fingerprint density at radius 2 is 2.03 bits per heavy atom. The Labute approximate surface area is 192 Å². The molecule has 0 radical (unpaired) electrons. The summed E-state index contributed by atoms with van der Waals surface area (Å²) in [6, 6.07) is 8.41. The predicted molar refractivity (Wildman–Crippen MR) is 122 cm³/mol. The quantitative estimate of drug-likeness (QED) is 0.431. The summed E-state index contributed by atoms with van der Waals surface area (Å²) >= 11 is 7.38. The number of anilines is 1. The van der Waals surface area contributed by atoms with Crippen LogP contribution in [0.1, 0.15) is 29.9 Å². The van der Waals surface area contributed by atoms with E-state index in [2.05, 4.69) is 10.4 Å². The van der Waals surface area contributed by atoms with Gasteiger partial charge in [-0.2, -0.15) is 9.78 Å². The van der Waals surface area contributed by atoms with Gasteiger partial charge in [0.2, 0.25) is 0 Å². The number of aliphatic hydroxyl groups excluding tert-OH is 1. The first-order valence-electron chi connectivity index (χ1n) is 9.78. The molecular formula is C21H23ClN4O5S. The van der Waals surface area contributed by atoms with Crippen molar-refractivity contribution in [2.24, 2.45) is 5.41 Å². The van der Waals surface area contributed by atoms with Crippen molar-refractivity contribution in [3.63, 3.8) is 0 Å². The second kappa shape index (κ2) is 9.68. The maximum absolute atomic E-state index is 13.0. The van der Waals surface area contributed by atoms with Crippen molar-refractivity contribution in [2.75, 3.05) is 11.9 Å². The molecule has 0 fully saturated rings. The van der Waals surface area contributed by atoms with Crippen molar-refractivity contribution < 1.29 is 19.8 Å². The van der Waals surface area contributed by atoms with Gasteiger partial charge < -0.3 is 20.1 Å². The van der Waals surface area contributed by atoms with Crippen molar-refractivity contribution >= 4 is 40.6 Å². The molecule has 0 saturated heterocycles. The van der Waals surface area contributed by atoms with Gasteiger partial charge in [0.15, 0.2) is 0 Å². The van der Waals surface area contributed by atoms with Crippen molar-refractivity contribution in [3.8, 4) is 11.3 Å². The maximum atomic E-state index is 13.0. The van der Waals surface area contributed by atoms with E-state index in [-0.39, 0.29) is 30.8 Å². The van der Waals surface area contributed by atoms with E-state index in [0.29, 0.717) is 16.7 Å². The van der Waals surface area contributed by atoms with Gasteiger partial charge in [0, 0.05) is 23.7 Å². The van der Waals surface area contributed by atoms with Gasteiger partial charge in [-0.15, -0.1) is 11.3 Å². The third kappa shape index (κ3) is 5.26. The molecule has 0 amide bonds. The molecule has 0 aromatic carbocycles. The Kier molecular flexibility index (Phi) is 7.17. The van der Waals surface area contributed by atoms with E-state index in [9.17, 15) is 19.5 Å². The molecule has 32 heavy (non-hydrogen) atoms. The van der Waals surface area contributed by atoms with Crippen LogP contribution in [0.3, 0.4) is 0 Å². The van der Waals surface area contributed by atoms with Crippen LogP contribution in [-0.2, 0) is 17.9 Å². The lowest BCUT2D eigenvalue weighted by molar-refractivity contribution is -0.137. The molecule has 0 spiro atoms. The number of carboxylic acids is 1. The molecule has 0 aliphatic carbocycles. The van der Waals surface area contributed by atoms with Gasteiger partial charge in [0.05, 0.1) is 34.9 Å². The number of hydrogen-bond acceptors (Lipinski definition) is 7. The fraction of sp³-hybridized carbons (Fsp3) is 0.333. The van der Waals surface area contributed by atoms with Gasteiger partial charge in [-0.1, -0.05) is 11.6 Å². The van der Waals surface area contributed by atoms with Crippen LogP contribution in [-0.4, -0.2) is 43.0 Å². The lowest BCUT2D eigenvalue weighted by atomic mass is 9.94. The molecular weight excluding hydrogens is 456 g/mol. The minimum absolute atomic E-state index is 0.0173. The highest BCUT2D eigenvalue weighted by Gasteiger charge is 2.31. The molecule has 0 aliphatic rings. The Morgan fingerprint density at radius 3 is 2.66 bits per heavy atom. The SMILES string of the molecule is CC(C)(CO)C(=O)n1nc(-c2cccn(CCC(=O)O)c2=O)cc1NCc1ccc(Cl)s1. The molecule has 3 N–H and O–H groups in total. The summed E-state index contributed by atoms with van der Waals surface area (Å²) in [7, 11) is 0. The standard InChI is InChI=1S/C21H23ClN4O5S/c1-21(2,12-27)20(31)26-17(23-11-13-5-6-16(22)32-13)10-15(24-26)14-4-3-8-25(19(14)30)9-7-18(28)29/h3-6,8,10,23,27H,7,9,11-12H2,1-2H3,(H,28,29). The zero-order valence-corrected chi connectivity index (χ0v) is 19.1. The van der Waals surface area contributed by atoms with Crippen molar-refractivity contribution in [1.29, 1.82) is 0 Å². The van der Waals surface area contributed by atoms with Crippen LogP contribution in [0.4, 0.5) is 5.82 Å². The van der Waals surface area contributed by atoms with E-state index >= 15 is 0 Å². The molecule has 0 bridgehead atoms. The predicted octanol–water partition coefficient (Wildman–Crippen LogP) is 3.17. The third-order valence-corrected chi connectivity index (χ3v) is 6.04. The maximum Gasteiger partial charge on any atom is 0.305 e. The number of thiophene rings is 1. The van der Waals surface area contributed by atoms with Gasteiger partial charge in [0.1, 0.15) is 11.5 Å². The van der Waals surface area contributed by atoms with E-state index in [1.54, 1.807) is 38.1 Å². The number of hydrogen-bond donors (Lipinski definition) is 3.